The Hall–Kier alpha value is -2.86. The summed E-state index contributed by atoms with van der Waals surface area (Å²) in [5, 5.41) is 5.01. The van der Waals surface area contributed by atoms with Crippen LogP contribution in [0.2, 0.25) is 0 Å². The van der Waals surface area contributed by atoms with Gasteiger partial charge in [0, 0.05) is 10.9 Å². The van der Waals surface area contributed by atoms with E-state index >= 15 is 0 Å². The Balaban J connectivity index is 1.97. The highest BCUT2D eigenvalue weighted by atomic mass is 32.1. The lowest BCUT2D eigenvalue weighted by molar-refractivity contribution is 0.0603. The number of carbonyl (C=O) groups excluding carboxylic acids is 2. The highest BCUT2D eigenvalue weighted by molar-refractivity contribution is 7.15. The molecule has 0 bridgehead atoms. The molecule has 1 amide bonds. The van der Waals surface area contributed by atoms with Gasteiger partial charge in [-0.05, 0) is 28.7 Å². The summed E-state index contributed by atoms with van der Waals surface area (Å²) in [6, 6.07) is 11.3. The molecular formula is C21H21NO4S. The van der Waals surface area contributed by atoms with E-state index < -0.39 is 11.9 Å². The molecule has 2 heterocycles. The van der Waals surface area contributed by atoms with Crippen molar-refractivity contribution >= 4 is 28.2 Å². The summed E-state index contributed by atoms with van der Waals surface area (Å²) in [5.74, 6) is -0.738. The molecule has 0 aliphatic carbocycles. The molecule has 0 aliphatic heterocycles. The molecule has 1 aromatic carbocycles. The number of thiophene rings is 1. The third kappa shape index (κ3) is 3.95. The number of amides is 1. The smallest absolute Gasteiger partial charge is 0.341 e. The zero-order valence-electron chi connectivity index (χ0n) is 15.7. The summed E-state index contributed by atoms with van der Waals surface area (Å²) in [6.45, 7) is 6.44. The zero-order valence-corrected chi connectivity index (χ0v) is 16.5. The highest BCUT2D eigenvalue weighted by Gasteiger charge is 2.23. The minimum absolute atomic E-state index is 0.0422. The quantitative estimate of drug-likeness (QED) is 0.617. The predicted octanol–water partition coefficient (Wildman–Crippen LogP) is 5.34. The fourth-order valence-corrected chi connectivity index (χ4v) is 3.64. The van der Waals surface area contributed by atoms with Gasteiger partial charge in [-0.15, -0.1) is 11.3 Å². The second-order valence-corrected chi connectivity index (χ2v) is 7.98. The predicted molar refractivity (Wildman–Crippen MR) is 106 cm³/mol. The summed E-state index contributed by atoms with van der Waals surface area (Å²) in [4.78, 5) is 24.7. The average molecular weight is 383 g/mol. The van der Waals surface area contributed by atoms with Crippen molar-refractivity contribution in [1.82, 2.24) is 0 Å². The van der Waals surface area contributed by atoms with Gasteiger partial charge in [0.1, 0.15) is 10.6 Å². The van der Waals surface area contributed by atoms with Gasteiger partial charge < -0.3 is 14.5 Å². The maximum atomic E-state index is 12.4. The molecule has 3 rings (SSSR count). The van der Waals surface area contributed by atoms with Crippen LogP contribution < -0.4 is 5.32 Å². The van der Waals surface area contributed by atoms with Crippen LogP contribution in [0.4, 0.5) is 5.00 Å². The number of ether oxygens (including phenoxy) is 1. The van der Waals surface area contributed by atoms with Crippen LogP contribution in [0.1, 0.15) is 47.2 Å². The fraction of sp³-hybridized carbons (Fsp3) is 0.238. The second-order valence-electron chi connectivity index (χ2n) is 7.10. The van der Waals surface area contributed by atoms with E-state index in [0.717, 1.165) is 11.1 Å². The molecule has 5 nitrogen and oxygen atoms in total. The van der Waals surface area contributed by atoms with E-state index in [1.807, 2.05) is 17.5 Å². The standard InChI is InChI=1S/C21H21NO4S/c1-21(2,3)14-9-7-13(8-10-14)15-12-27-19(17(15)20(24)25-4)22-18(23)16-6-5-11-26-16/h5-12H,1-4H3,(H,22,23). The number of esters is 1. The Morgan fingerprint density at radius 1 is 1.11 bits per heavy atom. The summed E-state index contributed by atoms with van der Waals surface area (Å²) in [5.41, 5.74) is 3.19. The van der Waals surface area contributed by atoms with Gasteiger partial charge in [-0.3, -0.25) is 4.79 Å². The number of furan rings is 1. The van der Waals surface area contributed by atoms with Gasteiger partial charge in [0.05, 0.1) is 13.4 Å². The molecule has 0 saturated heterocycles. The van der Waals surface area contributed by atoms with E-state index in [9.17, 15) is 9.59 Å². The van der Waals surface area contributed by atoms with Gasteiger partial charge in [-0.2, -0.15) is 0 Å². The molecule has 2 aromatic heterocycles. The van der Waals surface area contributed by atoms with Gasteiger partial charge in [-0.1, -0.05) is 45.0 Å². The molecule has 27 heavy (non-hydrogen) atoms. The van der Waals surface area contributed by atoms with Crippen molar-refractivity contribution in [3.63, 3.8) is 0 Å². The summed E-state index contributed by atoms with van der Waals surface area (Å²) in [6.07, 6.45) is 1.42. The van der Waals surface area contributed by atoms with Gasteiger partial charge in [0.15, 0.2) is 5.76 Å². The summed E-state index contributed by atoms with van der Waals surface area (Å²) >= 11 is 1.28. The molecule has 0 radical (unpaired) electrons. The van der Waals surface area contributed by atoms with E-state index in [1.165, 1.54) is 30.3 Å². The number of nitrogens with one attached hydrogen (secondary N) is 1. The van der Waals surface area contributed by atoms with Gasteiger partial charge in [0.2, 0.25) is 0 Å². The van der Waals surface area contributed by atoms with Crippen LogP contribution in [0, 0.1) is 0 Å². The minimum Gasteiger partial charge on any atom is -0.465 e. The summed E-state index contributed by atoms with van der Waals surface area (Å²) in [7, 11) is 1.32. The SMILES string of the molecule is COC(=O)c1c(-c2ccc(C(C)(C)C)cc2)csc1NC(=O)c1ccco1. The average Bonchev–Trinajstić information content (AvgIpc) is 3.30. The number of benzene rings is 1. The fourth-order valence-electron chi connectivity index (χ4n) is 2.69. The van der Waals surface area contributed by atoms with E-state index in [4.69, 9.17) is 9.15 Å². The maximum absolute atomic E-state index is 12.4. The van der Waals surface area contributed by atoms with Crippen molar-refractivity contribution < 1.29 is 18.7 Å². The largest absolute Gasteiger partial charge is 0.465 e. The summed E-state index contributed by atoms with van der Waals surface area (Å²) < 4.78 is 10.0. The van der Waals surface area contributed by atoms with Crippen LogP contribution in [0.15, 0.2) is 52.5 Å². The third-order valence-electron chi connectivity index (χ3n) is 4.21. The Kier molecular flexibility index (Phi) is 5.19. The van der Waals surface area contributed by atoms with Crippen LogP contribution in [0.5, 0.6) is 0 Å². The van der Waals surface area contributed by atoms with Crippen molar-refractivity contribution in [2.45, 2.75) is 26.2 Å². The topological polar surface area (TPSA) is 68.5 Å². The Morgan fingerprint density at radius 2 is 1.81 bits per heavy atom. The first kappa shape index (κ1) is 18.9. The number of carbonyl (C=O) groups is 2. The highest BCUT2D eigenvalue weighted by Crippen LogP contribution is 2.37. The van der Waals surface area contributed by atoms with Crippen molar-refractivity contribution in [3.05, 3.63) is 64.9 Å². The van der Waals surface area contributed by atoms with Crippen molar-refractivity contribution in [2.24, 2.45) is 0 Å². The van der Waals surface area contributed by atoms with Crippen LogP contribution in [-0.2, 0) is 10.2 Å². The molecule has 0 atom stereocenters. The lowest BCUT2D eigenvalue weighted by Gasteiger charge is -2.19. The minimum atomic E-state index is -0.499. The first-order valence-corrected chi connectivity index (χ1v) is 9.35. The third-order valence-corrected chi connectivity index (χ3v) is 5.11. The maximum Gasteiger partial charge on any atom is 0.341 e. The Labute approximate surface area is 162 Å². The normalized spacial score (nSPS) is 11.3. The molecule has 140 valence electrons. The van der Waals surface area contributed by atoms with Gasteiger partial charge in [0.25, 0.3) is 5.91 Å². The first-order valence-electron chi connectivity index (χ1n) is 8.47. The number of methoxy groups -OCH3 is 1. The molecule has 0 saturated carbocycles. The molecular weight excluding hydrogens is 362 g/mol. The second kappa shape index (κ2) is 7.40. The molecule has 3 aromatic rings. The van der Waals surface area contributed by atoms with Crippen LogP contribution in [0.3, 0.4) is 0 Å². The van der Waals surface area contributed by atoms with E-state index in [2.05, 4.69) is 38.2 Å². The molecule has 0 unspecified atom stereocenters. The molecule has 6 heteroatoms. The zero-order chi connectivity index (χ0) is 19.6. The molecule has 0 fully saturated rings. The first-order chi connectivity index (χ1) is 12.8. The lowest BCUT2D eigenvalue weighted by Crippen LogP contribution is -2.13. The van der Waals surface area contributed by atoms with E-state index in [0.29, 0.717) is 10.6 Å². The van der Waals surface area contributed by atoms with Gasteiger partial charge >= 0.3 is 5.97 Å². The van der Waals surface area contributed by atoms with Crippen LogP contribution in [0.25, 0.3) is 11.1 Å². The van der Waals surface area contributed by atoms with Crippen molar-refractivity contribution in [1.29, 1.82) is 0 Å². The van der Waals surface area contributed by atoms with Crippen molar-refractivity contribution in [3.8, 4) is 11.1 Å². The Morgan fingerprint density at radius 3 is 2.37 bits per heavy atom. The number of rotatable bonds is 4. The number of hydrogen-bond donors (Lipinski definition) is 1. The lowest BCUT2D eigenvalue weighted by atomic mass is 9.86. The number of anilines is 1. The van der Waals surface area contributed by atoms with Gasteiger partial charge in [-0.25, -0.2) is 4.79 Å². The van der Waals surface area contributed by atoms with Crippen LogP contribution in [-0.4, -0.2) is 19.0 Å². The monoisotopic (exact) mass is 383 g/mol. The van der Waals surface area contributed by atoms with E-state index in [1.54, 1.807) is 12.1 Å². The number of hydrogen-bond acceptors (Lipinski definition) is 5. The molecule has 0 spiro atoms. The van der Waals surface area contributed by atoms with Crippen molar-refractivity contribution in [2.75, 3.05) is 12.4 Å². The van der Waals surface area contributed by atoms with E-state index in [-0.39, 0.29) is 11.2 Å². The molecule has 1 N–H and O–H groups in total. The van der Waals surface area contributed by atoms with Crippen LogP contribution >= 0.6 is 11.3 Å². The Bertz CT molecular complexity index is 947. The molecule has 0 aliphatic rings.